The molecule has 228 valence electrons. The van der Waals surface area contributed by atoms with Crippen molar-refractivity contribution in [2.24, 2.45) is 16.7 Å². The van der Waals surface area contributed by atoms with Gasteiger partial charge in [-0.25, -0.2) is 4.79 Å². The van der Waals surface area contributed by atoms with E-state index in [9.17, 15) is 24.9 Å². The number of carbonyl (C=O) groups is 2. The van der Waals surface area contributed by atoms with Crippen LogP contribution in [0.2, 0.25) is 0 Å². The van der Waals surface area contributed by atoms with Crippen molar-refractivity contribution in [1.29, 1.82) is 0 Å². The molecule has 5 aliphatic rings. The molecule has 0 spiro atoms. The van der Waals surface area contributed by atoms with Gasteiger partial charge in [-0.1, -0.05) is 31.7 Å². The fourth-order valence-electron chi connectivity index (χ4n) is 8.70. The lowest BCUT2D eigenvalue weighted by Gasteiger charge is -2.66. The van der Waals surface area contributed by atoms with Crippen molar-refractivity contribution in [3.63, 3.8) is 0 Å². The average Bonchev–Trinajstić information content (AvgIpc) is 3.16. The molecule has 1 aromatic rings. The lowest BCUT2D eigenvalue weighted by Crippen LogP contribution is -2.79. The van der Waals surface area contributed by atoms with Crippen molar-refractivity contribution in [2.75, 3.05) is 6.61 Å². The van der Waals surface area contributed by atoms with Gasteiger partial charge in [-0.15, -0.1) is 0 Å². The van der Waals surface area contributed by atoms with Crippen molar-refractivity contribution in [3.8, 4) is 0 Å². The summed E-state index contributed by atoms with van der Waals surface area (Å²) in [5, 5.41) is 36.0. The van der Waals surface area contributed by atoms with Gasteiger partial charge in [-0.2, -0.15) is 0 Å². The minimum Gasteiger partial charge on any atom is -0.457 e. The number of fused-ring (bicyclic) bond motifs is 3. The zero-order valence-corrected chi connectivity index (χ0v) is 24.6. The molecule has 10 heteroatoms. The Morgan fingerprint density at radius 3 is 2.40 bits per heavy atom. The van der Waals surface area contributed by atoms with Gasteiger partial charge in [0.2, 0.25) is 0 Å². The fraction of sp³-hybridized carbons (Fsp3) is 0.625. The van der Waals surface area contributed by atoms with E-state index in [4.69, 9.17) is 23.7 Å². The maximum absolute atomic E-state index is 13.9. The van der Waals surface area contributed by atoms with Gasteiger partial charge in [-0.05, 0) is 56.5 Å². The Balaban J connectivity index is 1.67. The van der Waals surface area contributed by atoms with Gasteiger partial charge in [0.05, 0.1) is 41.5 Å². The average molecular weight is 585 g/mol. The van der Waals surface area contributed by atoms with Gasteiger partial charge in [0, 0.05) is 24.7 Å². The Labute approximate surface area is 245 Å². The molecule has 42 heavy (non-hydrogen) atoms. The highest BCUT2D eigenvalue weighted by Crippen LogP contribution is 2.69. The Bertz CT molecular complexity index is 1320. The first-order valence-corrected chi connectivity index (χ1v) is 14.5. The first-order valence-electron chi connectivity index (χ1n) is 14.5. The largest absolute Gasteiger partial charge is 0.457 e. The van der Waals surface area contributed by atoms with Crippen LogP contribution in [0.25, 0.3) is 0 Å². The summed E-state index contributed by atoms with van der Waals surface area (Å²) >= 11 is 0. The summed E-state index contributed by atoms with van der Waals surface area (Å²) in [7, 11) is 0. The molecule has 3 N–H and O–H groups in total. The minimum atomic E-state index is -1.65. The summed E-state index contributed by atoms with van der Waals surface area (Å²) in [5.41, 5.74) is -4.57. The van der Waals surface area contributed by atoms with Crippen LogP contribution >= 0.6 is 0 Å². The molecule has 0 aromatic heterocycles. The van der Waals surface area contributed by atoms with Crippen LogP contribution in [0.1, 0.15) is 57.8 Å². The van der Waals surface area contributed by atoms with E-state index in [0.29, 0.717) is 17.6 Å². The van der Waals surface area contributed by atoms with Crippen molar-refractivity contribution >= 4 is 11.9 Å². The molecule has 3 aliphatic carbocycles. The van der Waals surface area contributed by atoms with Gasteiger partial charge < -0.3 is 39.0 Å². The first kappa shape index (κ1) is 29.5. The maximum Gasteiger partial charge on any atom is 0.338 e. The van der Waals surface area contributed by atoms with Gasteiger partial charge in [0.15, 0.2) is 12.4 Å². The number of hydrogen-bond acceptors (Lipinski definition) is 10. The van der Waals surface area contributed by atoms with Crippen molar-refractivity contribution in [3.05, 3.63) is 59.7 Å². The lowest BCUT2D eigenvalue weighted by molar-refractivity contribution is -0.392. The number of rotatable bonds is 5. The molecule has 10 nitrogen and oxygen atoms in total. The topological polar surface area (TPSA) is 141 Å². The Morgan fingerprint density at radius 1 is 1.14 bits per heavy atom. The summed E-state index contributed by atoms with van der Waals surface area (Å²) in [5.74, 6) is -2.17. The Kier molecular flexibility index (Phi) is 6.81. The predicted molar refractivity (Wildman–Crippen MR) is 148 cm³/mol. The molecule has 1 aromatic carbocycles. The third kappa shape index (κ3) is 3.85. The van der Waals surface area contributed by atoms with E-state index in [-0.39, 0.29) is 18.6 Å². The number of aliphatic hydroxyl groups excluding tert-OH is 1. The van der Waals surface area contributed by atoms with Crippen LogP contribution in [0.15, 0.2) is 54.1 Å². The van der Waals surface area contributed by atoms with Gasteiger partial charge in [0.1, 0.15) is 17.8 Å². The molecule has 0 bridgehead atoms. The molecule has 2 aliphatic heterocycles. The second-order valence-corrected chi connectivity index (χ2v) is 13.2. The third-order valence-corrected chi connectivity index (χ3v) is 10.7. The van der Waals surface area contributed by atoms with E-state index >= 15 is 0 Å². The second kappa shape index (κ2) is 9.70. The number of hydrogen-bond donors (Lipinski definition) is 3. The Hall–Kier alpha value is -2.60. The summed E-state index contributed by atoms with van der Waals surface area (Å²) in [6, 6.07) is 8.48. The highest BCUT2D eigenvalue weighted by molar-refractivity contribution is 5.89. The lowest BCUT2D eigenvalue weighted by atomic mass is 9.49. The van der Waals surface area contributed by atoms with Gasteiger partial charge in [-0.3, -0.25) is 4.79 Å². The van der Waals surface area contributed by atoms with Crippen molar-refractivity contribution in [2.45, 2.75) is 102 Å². The SMILES string of the molecule is C=CC1O[C@H]2C[C@H]3OC[C@@]3(O)[C@H]3[C@H](OC(=O)c4ccccc4)[C@]4(C(C)(C)O)C[C@H](O)C(C)=C4[C@H](OC(C)=O)[C@H](O1)[C@]23C. The molecule has 4 fully saturated rings. The molecule has 11 atom stereocenters. The first-order chi connectivity index (χ1) is 19.7. The smallest absolute Gasteiger partial charge is 0.338 e. The van der Waals surface area contributed by atoms with Crippen LogP contribution in [0.3, 0.4) is 0 Å². The van der Waals surface area contributed by atoms with Crippen molar-refractivity contribution in [1.82, 2.24) is 0 Å². The molecule has 0 radical (unpaired) electrons. The molecule has 6 rings (SSSR count). The minimum absolute atomic E-state index is 0.0393. The molecule has 0 amide bonds. The highest BCUT2D eigenvalue weighted by atomic mass is 16.7. The van der Waals surface area contributed by atoms with Crippen LogP contribution in [0, 0.1) is 16.7 Å². The number of ether oxygens (including phenoxy) is 5. The number of carbonyl (C=O) groups excluding carboxylic acids is 2. The summed E-state index contributed by atoms with van der Waals surface area (Å²) < 4.78 is 31.3. The van der Waals surface area contributed by atoms with E-state index in [1.807, 2.05) is 6.92 Å². The van der Waals surface area contributed by atoms with Crippen LogP contribution in [-0.2, 0) is 28.5 Å². The number of esters is 2. The summed E-state index contributed by atoms with van der Waals surface area (Å²) in [6.45, 7) is 11.9. The van der Waals surface area contributed by atoms with Crippen LogP contribution < -0.4 is 0 Å². The van der Waals surface area contributed by atoms with Gasteiger partial charge >= 0.3 is 11.9 Å². The van der Waals surface area contributed by atoms with Crippen LogP contribution in [0.5, 0.6) is 0 Å². The number of aliphatic hydroxyl groups is 3. The zero-order valence-electron chi connectivity index (χ0n) is 24.6. The quantitative estimate of drug-likeness (QED) is 0.349. The van der Waals surface area contributed by atoms with E-state index in [1.54, 1.807) is 51.1 Å². The van der Waals surface area contributed by atoms with Gasteiger partial charge in [0.25, 0.3) is 0 Å². The molecular formula is C32H40O10. The monoisotopic (exact) mass is 584 g/mol. The van der Waals surface area contributed by atoms with Crippen molar-refractivity contribution < 1.29 is 48.6 Å². The third-order valence-electron chi connectivity index (χ3n) is 10.7. The maximum atomic E-state index is 13.9. The normalized spacial score (nSPS) is 44.1. The van der Waals surface area contributed by atoms with Crippen LogP contribution in [-0.4, -0.2) is 88.0 Å². The fourth-order valence-corrected chi connectivity index (χ4v) is 8.70. The summed E-state index contributed by atoms with van der Waals surface area (Å²) in [6.07, 6.45) is -4.61. The molecule has 2 saturated heterocycles. The van der Waals surface area contributed by atoms with E-state index in [1.165, 1.54) is 13.0 Å². The summed E-state index contributed by atoms with van der Waals surface area (Å²) in [4.78, 5) is 26.6. The molecular weight excluding hydrogens is 544 g/mol. The van der Waals surface area contributed by atoms with E-state index < -0.39 is 82.8 Å². The zero-order chi connectivity index (χ0) is 30.4. The van der Waals surface area contributed by atoms with E-state index in [0.717, 1.165) is 0 Å². The molecule has 1 unspecified atom stereocenters. The highest BCUT2D eigenvalue weighted by Gasteiger charge is 2.79. The second-order valence-electron chi connectivity index (χ2n) is 13.2. The molecule has 2 saturated carbocycles. The number of benzene rings is 1. The Morgan fingerprint density at radius 2 is 1.83 bits per heavy atom. The van der Waals surface area contributed by atoms with E-state index in [2.05, 4.69) is 6.58 Å². The predicted octanol–water partition coefficient (Wildman–Crippen LogP) is 2.45. The molecule has 2 heterocycles. The standard InChI is InChI=1S/C32H40O10/c1-7-22-40-20-13-21-32(37,15-38-21)25-27(42-28(35)18-11-9-8-10-12-18)31(29(4,5)36)14-19(34)16(2)23(31)24(39-17(3)33)26(41-22)30(20,25)6/h7-12,19-22,24-27,34,36-37H,1,13-15H2,2-6H3/t19-,20-,21+,22?,24-,25-,26-,27-,30+,31-,32-/m0/s1. The van der Waals surface area contributed by atoms with Crippen LogP contribution in [0.4, 0.5) is 0 Å².